The van der Waals surface area contributed by atoms with Crippen molar-refractivity contribution >= 4 is 0 Å². The first-order chi connectivity index (χ1) is 9.14. The Morgan fingerprint density at radius 2 is 1.80 bits per heavy atom. The molecule has 0 aliphatic heterocycles. The zero-order valence-corrected chi connectivity index (χ0v) is 11.5. The number of nitrogens with one attached hydrogen (secondary N) is 1. The van der Waals surface area contributed by atoms with Crippen molar-refractivity contribution in [3.63, 3.8) is 0 Å². The fourth-order valence-corrected chi connectivity index (χ4v) is 1.85. The molecule has 0 unspecified atom stereocenters. The molecule has 0 fully saturated rings. The van der Waals surface area contributed by atoms with Crippen molar-refractivity contribution in [2.75, 3.05) is 13.2 Å². The van der Waals surface area contributed by atoms with Gasteiger partial charge in [-0.25, -0.2) is 4.39 Å². The summed E-state index contributed by atoms with van der Waals surface area (Å²) in [7, 11) is 0. The third-order valence-electron chi connectivity index (χ3n) is 3.01. The van der Waals surface area contributed by atoms with E-state index >= 15 is 0 Å². The van der Waals surface area contributed by atoms with Gasteiger partial charge in [-0.05, 0) is 35.6 Å². The van der Waals surface area contributed by atoms with E-state index in [2.05, 4.69) is 5.32 Å². The Bertz CT molecular complexity index is 443. The molecule has 0 heterocycles. The first-order valence-corrected chi connectivity index (χ1v) is 6.32. The van der Waals surface area contributed by atoms with E-state index in [1.807, 2.05) is 13.8 Å². The van der Waals surface area contributed by atoms with Crippen LogP contribution < -0.4 is 5.32 Å². The maximum absolute atomic E-state index is 13.2. The van der Waals surface area contributed by atoms with Crippen molar-refractivity contribution in [2.45, 2.75) is 33.0 Å². The minimum atomic E-state index is -4.55. The Morgan fingerprint density at radius 1 is 1.15 bits per heavy atom. The van der Waals surface area contributed by atoms with E-state index in [9.17, 15) is 17.6 Å². The molecule has 1 aromatic carbocycles. The van der Waals surface area contributed by atoms with E-state index in [-0.39, 0.29) is 24.1 Å². The van der Waals surface area contributed by atoms with E-state index in [4.69, 9.17) is 5.11 Å². The Labute approximate surface area is 115 Å². The number of aliphatic hydroxyl groups excluding tert-OH is 1. The zero-order chi connectivity index (χ0) is 15.4. The maximum Gasteiger partial charge on any atom is 0.416 e. The summed E-state index contributed by atoms with van der Waals surface area (Å²) in [5.74, 6) is -0.897. The second-order valence-electron chi connectivity index (χ2n) is 5.59. The van der Waals surface area contributed by atoms with Gasteiger partial charge in [0.2, 0.25) is 0 Å². The van der Waals surface area contributed by atoms with E-state index in [1.54, 1.807) is 0 Å². The van der Waals surface area contributed by atoms with Gasteiger partial charge in [0.15, 0.2) is 0 Å². The highest BCUT2D eigenvalue weighted by Crippen LogP contribution is 2.30. The van der Waals surface area contributed by atoms with Crippen LogP contribution in [0.3, 0.4) is 0 Å². The minimum Gasteiger partial charge on any atom is -0.396 e. The molecule has 0 aromatic heterocycles. The monoisotopic (exact) mass is 293 g/mol. The lowest BCUT2D eigenvalue weighted by atomic mass is 9.90. The SMILES string of the molecule is CC(C)(CCO)CNCc1cc(F)cc(C(F)(F)F)c1. The average Bonchev–Trinajstić information content (AvgIpc) is 2.26. The highest BCUT2D eigenvalue weighted by molar-refractivity contribution is 5.26. The van der Waals surface area contributed by atoms with Crippen molar-refractivity contribution in [1.29, 1.82) is 0 Å². The van der Waals surface area contributed by atoms with Gasteiger partial charge < -0.3 is 10.4 Å². The van der Waals surface area contributed by atoms with Gasteiger partial charge in [0.05, 0.1) is 5.56 Å². The molecule has 0 saturated carbocycles. The normalized spacial score (nSPS) is 12.8. The van der Waals surface area contributed by atoms with Crippen LogP contribution in [0.2, 0.25) is 0 Å². The van der Waals surface area contributed by atoms with Crippen molar-refractivity contribution in [3.05, 3.63) is 35.1 Å². The molecule has 0 saturated heterocycles. The lowest BCUT2D eigenvalue weighted by Crippen LogP contribution is -2.30. The van der Waals surface area contributed by atoms with Gasteiger partial charge in [0.1, 0.15) is 5.82 Å². The zero-order valence-electron chi connectivity index (χ0n) is 11.5. The molecule has 2 N–H and O–H groups in total. The highest BCUT2D eigenvalue weighted by Gasteiger charge is 2.31. The lowest BCUT2D eigenvalue weighted by molar-refractivity contribution is -0.137. The molecule has 0 aliphatic rings. The molecule has 20 heavy (non-hydrogen) atoms. The Kier molecular flexibility index (Phi) is 5.53. The van der Waals surface area contributed by atoms with Crippen molar-refractivity contribution in [2.24, 2.45) is 5.41 Å². The topological polar surface area (TPSA) is 32.3 Å². The van der Waals surface area contributed by atoms with Crippen LogP contribution in [0, 0.1) is 11.2 Å². The van der Waals surface area contributed by atoms with Crippen LogP contribution >= 0.6 is 0 Å². The lowest BCUT2D eigenvalue weighted by Gasteiger charge is -2.24. The summed E-state index contributed by atoms with van der Waals surface area (Å²) in [6, 6.07) is 2.51. The minimum absolute atomic E-state index is 0.0485. The summed E-state index contributed by atoms with van der Waals surface area (Å²) < 4.78 is 50.8. The molecule has 0 bridgehead atoms. The number of alkyl halides is 3. The number of hydrogen-bond donors (Lipinski definition) is 2. The summed E-state index contributed by atoms with van der Waals surface area (Å²) in [6.45, 7) is 4.58. The second-order valence-corrected chi connectivity index (χ2v) is 5.59. The van der Waals surface area contributed by atoms with Crippen molar-refractivity contribution in [3.8, 4) is 0 Å². The van der Waals surface area contributed by atoms with E-state index in [0.29, 0.717) is 19.0 Å². The maximum atomic E-state index is 13.2. The molecule has 114 valence electrons. The fraction of sp³-hybridized carbons (Fsp3) is 0.571. The summed E-state index contributed by atoms with van der Waals surface area (Å²) >= 11 is 0. The second kappa shape index (κ2) is 6.54. The van der Waals surface area contributed by atoms with Crippen LogP contribution in [0.1, 0.15) is 31.4 Å². The van der Waals surface area contributed by atoms with Gasteiger partial charge >= 0.3 is 6.18 Å². The van der Waals surface area contributed by atoms with Gasteiger partial charge in [-0.3, -0.25) is 0 Å². The Balaban J connectivity index is 2.67. The van der Waals surface area contributed by atoms with Crippen LogP contribution in [0.25, 0.3) is 0 Å². The number of rotatable bonds is 6. The molecule has 6 heteroatoms. The average molecular weight is 293 g/mol. The largest absolute Gasteiger partial charge is 0.416 e. The summed E-state index contributed by atoms with van der Waals surface area (Å²) in [5.41, 5.74) is -0.907. The van der Waals surface area contributed by atoms with Crippen LogP contribution in [-0.4, -0.2) is 18.3 Å². The van der Waals surface area contributed by atoms with Crippen LogP contribution in [0.5, 0.6) is 0 Å². The molecule has 0 atom stereocenters. The van der Waals surface area contributed by atoms with E-state index in [0.717, 1.165) is 12.1 Å². The predicted molar refractivity (Wildman–Crippen MR) is 68.6 cm³/mol. The van der Waals surface area contributed by atoms with Crippen LogP contribution in [0.4, 0.5) is 17.6 Å². The van der Waals surface area contributed by atoms with Gasteiger partial charge in [-0.2, -0.15) is 13.2 Å². The molecule has 0 spiro atoms. The molecule has 1 rings (SSSR count). The third-order valence-corrected chi connectivity index (χ3v) is 3.01. The number of halogens is 4. The van der Waals surface area contributed by atoms with Crippen LogP contribution in [-0.2, 0) is 12.7 Å². The number of benzene rings is 1. The van der Waals surface area contributed by atoms with E-state index < -0.39 is 17.6 Å². The fourth-order valence-electron chi connectivity index (χ4n) is 1.85. The van der Waals surface area contributed by atoms with Gasteiger partial charge in [0.25, 0.3) is 0 Å². The molecular weight excluding hydrogens is 274 g/mol. The van der Waals surface area contributed by atoms with Gasteiger partial charge in [-0.1, -0.05) is 13.8 Å². The highest BCUT2D eigenvalue weighted by atomic mass is 19.4. The molecular formula is C14H19F4NO. The quantitative estimate of drug-likeness (QED) is 0.788. The summed E-state index contributed by atoms with van der Waals surface area (Å²) in [4.78, 5) is 0. The summed E-state index contributed by atoms with van der Waals surface area (Å²) in [6.07, 6.45) is -3.97. The first-order valence-electron chi connectivity index (χ1n) is 6.32. The summed E-state index contributed by atoms with van der Waals surface area (Å²) in [5, 5.41) is 11.9. The molecule has 1 aromatic rings. The van der Waals surface area contributed by atoms with Crippen LogP contribution in [0.15, 0.2) is 18.2 Å². The molecule has 0 aliphatic carbocycles. The number of hydrogen-bond acceptors (Lipinski definition) is 2. The van der Waals surface area contributed by atoms with Crippen molar-refractivity contribution in [1.82, 2.24) is 5.32 Å². The van der Waals surface area contributed by atoms with E-state index in [1.165, 1.54) is 0 Å². The first kappa shape index (κ1) is 16.9. The predicted octanol–water partition coefficient (Wildman–Crippen LogP) is 3.34. The Hall–Kier alpha value is -1.14. The van der Waals surface area contributed by atoms with Gasteiger partial charge in [0, 0.05) is 19.7 Å². The smallest absolute Gasteiger partial charge is 0.396 e. The number of aliphatic hydroxyl groups is 1. The molecule has 0 amide bonds. The molecule has 2 nitrogen and oxygen atoms in total. The van der Waals surface area contributed by atoms with Crippen molar-refractivity contribution < 1.29 is 22.7 Å². The third kappa shape index (κ3) is 5.46. The van der Waals surface area contributed by atoms with Gasteiger partial charge in [-0.15, -0.1) is 0 Å². The molecule has 0 radical (unpaired) electrons. The standard InChI is InChI=1S/C14H19F4NO/c1-13(2,3-4-20)9-19-8-10-5-11(14(16,17)18)7-12(15)6-10/h5-7,19-20H,3-4,8-9H2,1-2H3. The Morgan fingerprint density at radius 3 is 2.35 bits per heavy atom.